The van der Waals surface area contributed by atoms with E-state index in [1.165, 1.54) is 31.4 Å². The third-order valence-electron chi connectivity index (χ3n) is 4.35. The number of likely N-dealkylation sites (N-methyl/N-ethyl adjacent to an activating group) is 1. The topological polar surface area (TPSA) is 38.5 Å². The Kier molecular flexibility index (Phi) is 5.87. The van der Waals surface area contributed by atoms with Crippen molar-refractivity contribution in [3.63, 3.8) is 0 Å². The minimum absolute atomic E-state index is 0.294. The molecule has 1 aromatic rings. The summed E-state index contributed by atoms with van der Waals surface area (Å²) in [5, 5.41) is 0. The van der Waals surface area contributed by atoms with Crippen molar-refractivity contribution in [1.29, 1.82) is 0 Å². The molecule has 1 fully saturated rings. The molecule has 1 saturated carbocycles. The van der Waals surface area contributed by atoms with Crippen LogP contribution in [0.15, 0.2) is 22.7 Å². The lowest BCUT2D eigenvalue weighted by molar-refractivity contribution is 0.141. The molecule has 1 atom stereocenters. The number of halogens is 1. The quantitative estimate of drug-likeness (QED) is 0.824. The molecule has 0 saturated heterocycles. The van der Waals surface area contributed by atoms with E-state index in [0.29, 0.717) is 12.6 Å². The van der Waals surface area contributed by atoms with Crippen molar-refractivity contribution in [3.05, 3.63) is 28.2 Å². The van der Waals surface area contributed by atoms with Gasteiger partial charge >= 0.3 is 0 Å². The summed E-state index contributed by atoms with van der Waals surface area (Å²) in [6, 6.07) is 6.58. The van der Waals surface area contributed by atoms with Gasteiger partial charge in [0.25, 0.3) is 0 Å². The molecule has 0 aromatic heterocycles. The first-order valence-corrected chi connectivity index (χ1v) is 8.26. The molecule has 1 aromatic carbocycles. The van der Waals surface area contributed by atoms with Crippen LogP contribution in [0.25, 0.3) is 0 Å². The molecular weight excluding hydrogens is 316 g/mol. The van der Waals surface area contributed by atoms with Crippen LogP contribution >= 0.6 is 15.9 Å². The number of hydrogen-bond donors (Lipinski definition) is 1. The summed E-state index contributed by atoms with van der Waals surface area (Å²) in [4.78, 5) is 2.51. The monoisotopic (exact) mass is 340 g/mol. The number of benzene rings is 1. The maximum absolute atomic E-state index is 6.05. The van der Waals surface area contributed by atoms with Gasteiger partial charge in [-0.25, -0.2) is 0 Å². The molecule has 2 rings (SSSR count). The molecule has 3 nitrogen and oxygen atoms in total. The molecule has 1 aliphatic rings. The maximum atomic E-state index is 6.05. The van der Waals surface area contributed by atoms with Gasteiger partial charge in [0.2, 0.25) is 0 Å². The Hall–Kier alpha value is -0.580. The van der Waals surface area contributed by atoms with Crippen LogP contribution in [0.2, 0.25) is 0 Å². The van der Waals surface area contributed by atoms with Crippen LogP contribution in [0.3, 0.4) is 0 Å². The minimum Gasteiger partial charge on any atom is -0.496 e. The standard InChI is InChI=1S/C16H25BrN2O/c1-3-19(11-12-5-4-6-12)15(10-18)13-7-8-16(20-2)14(17)9-13/h7-9,12,15H,3-6,10-11,18H2,1-2H3. The molecule has 0 aliphatic heterocycles. The molecule has 20 heavy (non-hydrogen) atoms. The second-order valence-electron chi connectivity index (χ2n) is 5.53. The van der Waals surface area contributed by atoms with E-state index >= 15 is 0 Å². The largest absolute Gasteiger partial charge is 0.496 e. The van der Waals surface area contributed by atoms with Crippen LogP contribution in [-0.4, -0.2) is 31.6 Å². The van der Waals surface area contributed by atoms with Crippen molar-refractivity contribution in [2.24, 2.45) is 11.7 Å². The smallest absolute Gasteiger partial charge is 0.133 e. The van der Waals surface area contributed by atoms with Gasteiger partial charge in [0, 0.05) is 19.1 Å². The molecule has 0 spiro atoms. The van der Waals surface area contributed by atoms with E-state index < -0.39 is 0 Å². The van der Waals surface area contributed by atoms with Crippen LogP contribution in [0, 0.1) is 5.92 Å². The molecule has 4 heteroatoms. The summed E-state index contributed by atoms with van der Waals surface area (Å²) in [6.07, 6.45) is 4.14. The van der Waals surface area contributed by atoms with Gasteiger partial charge in [0.15, 0.2) is 0 Å². The highest BCUT2D eigenvalue weighted by Gasteiger charge is 2.25. The van der Waals surface area contributed by atoms with Crippen LogP contribution < -0.4 is 10.5 Å². The van der Waals surface area contributed by atoms with Gasteiger partial charge in [-0.2, -0.15) is 0 Å². The van der Waals surface area contributed by atoms with Gasteiger partial charge in [0.1, 0.15) is 5.75 Å². The van der Waals surface area contributed by atoms with Gasteiger partial charge in [0.05, 0.1) is 11.6 Å². The van der Waals surface area contributed by atoms with E-state index in [1.54, 1.807) is 7.11 Å². The molecule has 112 valence electrons. The summed E-state index contributed by atoms with van der Waals surface area (Å²) in [5.74, 6) is 1.73. The Morgan fingerprint density at radius 2 is 2.20 bits per heavy atom. The normalized spacial score (nSPS) is 17.1. The molecule has 1 aliphatic carbocycles. The zero-order chi connectivity index (χ0) is 14.5. The van der Waals surface area contributed by atoms with E-state index in [-0.39, 0.29) is 0 Å². The first kappa shape index (κ1) is 15.8. The summed E-state index contributed by atoms with van der Waals surface area (Å²) in [6.45, 7) is 5.09. The lowest BCUT2D eigenvalue weighted by atomic mass is 9.84. The third-order valence-corrected chi connectivity index (χ3v) is 4.97. The van der Waals surface area contributed by atoms with Crippen LogP contribution in [-0.2, 0) is 0 Å². The minimum atomic E-state index is 0.294. The lowest BCUT2D eigenvalue weighted by Crippen LogP contribution is -2.38. The molecule has 0 bridgehead atoms. The number of nitrogens with two attached hydrogens (primary N) is 1. The molecule has 0 radical (unpaired) electrons. The average molecular weight is 341 g/mol. The van der Waals surface area contributed by atoms with Gasteiger partial charge in [-0.1, -0.05) is 19.4 Å². The van der Waals surface area contributed by atoms with Crippen molar-refractivity contribution < 1.29 is 4.74 Å². The summed E-state index contributed by atoms with van der Waals surface area (Å²) in [5.41, 5.74) is 7.31. The number of nitrogens with zero attached hydrogens (tertiary/aromatic N) is 1. The number of hydrogen-bond acceptors (Lipinski definition) is 3. The van der Waals surface area contributed by atoms with Crippen molar-refractivity contribution >= 4 is 15.9 Å². The zero-order valence-electron chi connectivity index (χ0n) is 12.4. The molecule has 0 amide bonds. The van der Waals surface area contributed by atoms with Gasteiger partial charge in [-0.05, 0) is 58.9 Å². The Labute approximate surface area is 130 Å². The van der Waals surface area contributed by atoms with Gasteiger partial charge in [-0.15, -0.1) is 0 Å². The first-order valence-electron chi connectivity index (χ1n) is 7.47. The number of rotatable bonds is 7. The fourth-order valence-corrected chi connectivity index (χ4v) is 3.43. The second-order valence-corrected chi connectivity index (χ2v) is 6.38. The summed E-state index contributed by atoms with van der Waals surface area (Å²) in [7, 11) is 1.69. The number of ether oxygens (including phenoxy) is 1. The van der Waals surface area contributed by atoms with Gasteiger partial charge < -0.3 is 10.5 Å². The Morgan fingerprint density at radius 1 is 1.45 bits per heavy atom. The Balaban J connectivity index is 2.14. The van der Waals surface area contributed by atoms with E-state index in [0.717, 1.165) is 22.7 Å². The average Bonchev–Trinajstić information content (AvgIpc) is 2.41. The third kappa shape index (κ3) is 3.54. The highest BCUT2D eigenvalue weighted by molar-refractivity contribution is 9.10. The summed E-state index contributed by atoms with van der Waals surface area (Å²) >= 11 is 3.57. The van der Waals surface area contributed by atoms with Gasteiger partial charge in [-0.3, -0.25) is 4.90 Å². The molecular formula is C16H25BrN2O. The first-order chi connectivity index (χ1) is 9.69. The fraction of sp³-hybridized carbons (Fsp3) is 0.625. The molecule has 0 heterocycles. The second kappa shape index (κ2) is 7.43. The fourth-order valence-electron chi connectivity index (χ4n) is 2.87. The molecule has 2 N–H and O–H groups in total. The predicted molar refractivity (Wildman–Crippen MR) is 87.1 cm³/mol. The number of methoxy groups -OCH3 is 1. The van der Waals surface area contributed by atoms with Crippen LogP contribution in [0.5, 0.6) is 5.75 Å². The Morgan fingerprint density at radius 3 is 2.65 bits per heavy atom. The predicted octanol–water partition coefficient (Wildman–Crippen LogP) is 3.58. The highest BCUT2D eigenvalue weighted by atomic mass is 79.9. The van der Waals surface area contributed by atoms with Crippen molar-refractivity contribution in [1.82, 2.24) is 4.90 Å². The van der Waals surface area contributed by atoms with E-state index in [9.17, 15) is 0 Å². The Bertz CT molecular complexity index is 434. The van der Waals surface area contributed by atoms with E-state index in [4.69, 9.17) is 10.5 Å². The zero-order valence-corrected chi connectivity index (χ0v) is 14.0. The van der Waals surface area contributed by atoms with Crippen molar-refractivity contribution in [2.45, 2.75) is 32.2 Å². The van der Waals surface area contributed by atoms with Crippen LogP contribution in [0.1, 0.15) is 37.8 Å². The van der Waals surface area contributed by atoms with E-state index in [1.807, 2.05) is 6.07 Å². The van der Waals surface area contributed by atoms with Crippen molar-refractivity contribution in [3.8, 4) is 5.75 Å². The van der Waals surface area contributed by atoms with Crippen LogP contribution in [0.4, 0.5) is 0 Å². The van der Waals surface area contributed by atoms with E-state index in [2.05, 4.69) is 39.9 Å². The molecule has 1 unspecified atom stereocenters. The highest BCUT2D eigenvalue weighted by Crippen LogP contribution is 2.33. The SMILES string of the molecule is CCN(CC1CCC1)C(CN)c1ccc(OC)c(Br)c1. The van der Waals surface area contributed by atoms with Crippen molar-refractivity contribution in [2.75, 3.05) is 26.7 Å². The maximum Gasteiger partial charge on any atom is 0.133 e. The summed E-state index contributed by atoms with van der Waals surface area (Å²) < 4.78 is 6.30. The lowest BCUT2D eigenvalue weighted by Gasteiger charge is -2.36.